The number of halogens is 2. The highest BCUT2D eigenvalue weighted by molar-refractivity contribution is 6.33. The summed E-state index contributed by atoms with van der Waals surface area (Å²) in [5.74, 6) is -2.59. The van der Waals surface area contributed by atoms with Crippen molar-refractivity contribution in [2.24, 2.45) is 0 Å². The number of carbonyl (C=O) groups excluding carboxylic acids is 1. The summed E-state index contributed by atoms with van der Waals surface area (Å²) in [5.41, 5.74) is 5.65. The average Bonchev–Trinajstić information content (AvgIpc) is 2.43. The molecule has 0 saturated carbocycles. The number of carboxylic acids is 1. The number of amides is 1. The summed E-state index contributed by atoms with van der Waals surface area (Å²) in [6.45, 7) is 0. The van der Waals surface area contributed by atoms with Crippen LogP contribution in [0.1, 0.15) is 20.7 Å². The molecule has 2 aromatic carbocycles. The molecule has 0 bridgehead atoms. The molecule has 108 valence electrons. The van der Waals surface area contributed by atoms with Crippen molar-refractivity contribution in [2.45, 2.75) is 0 Å². The minimum Gasteiger partial charge on any atom is -0.478 e. The van der Waals surface area contributed by atoms with Crippen LogP contribution in [-0.2, 0) is 0 Å². The molecule has 0 heterocycles. The SMILES string of the molecule is Nc1ccc(C(=O)Nc2cc(C(=O)O)ccc2F)cc1Cl. The first-order valence-corrected chi connectivity index (χ1v) is 6.15. The van der Waals surface area contributed by atoms with Crippen LogP contribution in [0.25, 0.3) is 0 Å². The van der Waals surface area contributed by atoms with Gasteiger partial charge in [-0.25, -0.2) is 9.18 Å². The van der Waals surface area contributed by atoms with Gasteiger partial charge < -0.3 is 16.2 Å². The van der Waals surface area contributed by atoms with Crippen molar-refractivity contribution in [3.05, 3.63) is 58.4 Å². The molecule has 0 aromatic heterocycles. The number of hydrogen-bond acceptors (Lipinski definition) is 3. The van der Waals surface area contributed by atoms with E-state index in [4.69, 9.17) is 22.4 Å². The predicted molar refractivity (Wildman–Crippen MR) is 77.2 cm³/mol. The Morgan fingerprint density at radius 2 is 1.81 bits per heavy atom. The Bertz CT molecular complexity index is 734. The topological polar surface area (TPSA) is 92.4 Å². The molecule has 0 aliphatic heterocycles. The minimum atomic E-state index is -1.22. The second-order valence-electron chi connectivity index (χ2n) is 4.19. The molecule has 0 radical (unpaired) electrons. The van der Waals surface area contributed by atoms with Crippen molar-refractivity contribution in [3.63, 3.8) is 0 Å². The number of nitrogens with one attached hydrogen (secondary N) is 1. The van der Waals surface area contributed by atoms with E-state index in [1.807, 2.05) is 0 Å². The third kappa shape index (κ3) is 3.29. The maximum absolute atomic E-state index is 13.6. The zero-order valence-electron chi connectivity index (χ0n) is 10.6. The molecule has 4 N–H and O–H groups in total. The van der Waals surface area contributed by atoms with Crippen molar-refractivity contribution >= 4 is 34.9 Å². The van der Waals surface area contributed by atoms with Gasteiger partial charge in [0.05, 0.1) is 22.0 Å². The van der Waals surface area contributed by atoms with Gasteiger partial charge in [-0.3, -0.25) is 4.79 Å². The van der Waals surface area contributed by atoms with Crippen LogP contribution in [0.4, 0.5) is 15.8 Å². The number of carbonyl (C=O) groups is 2. The molecule has 0 atom stereocenters. The molecule has 7 heteroatoms. The fraction of sp³-hybridized carbons (Fsp3) is 0. The number of rotatable bonds is 3. The first-order valence-electron chi connectivity index (χ1n) is 5.77. The maximum atomic E-state index is 13.6. The molecule has 2 rings (SSSR count). The lowest BCUT2D eigenvalue weighted by Gasteiger charge is -2.08. The van der Waals surface area contributed by atoms with Gasteiger partial charge in [0.1, 0.15) is 5.82 Å². The summed E-state index contributed by atoms with van der Waals surface area (Å²) in [6.07, 6.45) is 0. The Morgan fingerprint density at radius 3 is 2.43 bits per heavy atom. The molecule has 21 heavy (non-hydrogen) atoms. The molecule has 0 aliphatic carbocycles. The van der Waals surface area contributed by atoms with E-state index in [0.29, 0.717) is 5.69 Å². The monoisotopic (exact) mass is 308 g/mol. The van der Waals surface area contributed by atoms with Crippen LogP contribution in [-0.4, -0.2) is 17.0 Å². The summed E-state index contributed by atoms with van der Waals surface area (Å²) < 4.78 is 13.6. The van der Waals surface area contributed by atoms with Gasteiger partial charge in [-0.15, -0.1) is 0 Å². The van der Waals surface area contributed by atoms with E-state index >= 15 is 0 Å². The first kappa shape index (κ1) is 14.8. The van der Waals surface area contributed by atoms with Crippen molar-refractivity contribution < 1.29 is 19.1 Å². The van der Waals surface area contributed by atoms with Gasteiger partial charge in [-0.2, -0.15) is 0 Å². The van der Waals surface area contributed by atoms with Crippen molar-refractivity contribution in [3.8, 4) is 0 Å². The highest BCUT2D eigenvalue weighted by atomic mass is 35.5. The van der Waals surface area contributed by atoms with E-state index in [2.05, 4.69) is 5.32 Å². The molecule has 0 fully saturated rings. The second kappa shape index (κ2) is 5.80. The fourth-order valence-electron chi connectivity index (χ4n) is 1.62. The second-order valence-corrected chi connectivity index (χ2v) is 4.60. The van der Waals surface area contributed by atoms with Crippen LogP contribution in [0.5, 0.6) is 0 Å². The Kier molecular flexibility index (Phi) is 4.09. The van der Waals surface area contributed by atoms with Gasteiger partial charge in [-0.05, 0) is 36.4 Å². The van der Waals surface area contributed by atoms with E-state index in [1.54, 1.807) is 0 Å². The normalized spacial score (nSPS) is 10.2. The van der Waals surface area contributed by atoms with E-state index in [-0.39, 0.29) is 21.8 Å². The van der Waals surface area contributed by atoms with Gasteiger partial charge >= 0.3 is 5.97 Å². The van der Waals surface area contributed by atoms with Crippen LogP contribution < -0.4 is 11.1 Å². The Morgan fingerprint density at radius 1 is 1.14 bits per heavy atom. The molecule has 0 spiro atoms. The molecule has 1 amide bonds. The van der Waals surface area contributed by atoms with E-state index in [0.717, 1.165) is 18.2 Å². The number of carboxylic acid groups (broad SMARTS) is 1. The Labute approximate surface area is 124 Å². The zero-order chi connectivity index (χ0) is 15.6. The van der Waals surface area contributed by atoms with Crippen LogP contribution in [0.2, 0.25) is 5.02 Å². The summed E-state index contributed by atoms with van der Waals surface area (Å²) in [5, 5.41) is 11.3. The zero-order valence-corrected chi connectivity index (χ0v) is 11.3. The molecule has 5 nitrogen and oxygen atoms in total. The number of nitrogen functional groups attached to an aromatic ring is 1. The third-order valence-electron chi connectivity index (χ3n) is 2.72. The van der Waals surface area contributed by atoms with Crippen molar-refractivity contribution in [2.75, 3.05) is 11.1 Å². The van der Waals surface area contributed by atoms with Crippen LogP contribution >= 0.6 is 11.6 Å². The molecule has 0 saturated heterocycles. The van der Waals surface area contributed by atoms with E-state index in [1.165, 1.54) is 18.2 Å². The van der Waals surface area contributed by atoms with Gasteiger partial charge in [0, 0.05) is 5.56 Å². The number of benzene rings is 2. The lowest BCUT2D eigenvalue weighted by atomic mass is 10.1. The lowest BCUT2D eigenvalue weighted by molar-refractivity contribution is 0.0696. The lowest BCUT2D eigenvalue weighted by Crippen LogP contribution is -2.14. The Balaban J connectivity index is 2.28. The predicted octanol–water partition coefficient (Wildman–Crippen LogP) is 3.01. The summed E-state index contributed by atoms with van der Waals surface area (Å²) in [4.78, 5) is 22.8. The maximum Gasteiger partial charge on any atom is 0.335 e. The first-order chi connectivity index (χ1) is 9.88. The highest BCUT2D eigenvalue weighted by Gasteiger charge is 2.13. The molecular weight excluding hydrogens is 299 g/mol. The molecule has 2 aromatic rings. The largest absolute Gasteiger partial charge is 0.478 e. The van der Waals surface area contributed by atoms with Gasteiger partial charge in [0.25, 0.3) is 5.91 Å². The quantitative estimate of drug-likeness (QED) is 0.760. The van der Waals surface area contributed by atoms with Gasteiger partial charge in [0.2, 0.25) is 0 Å². The fourth-order valence-corrected chi connectivity index (χ4v) is 1.80. The summed E-state index contributed by atoms with van der Waals surface area (Å²) >= 11 is 5.80. The molecular formula is C14H10ClFN2O3. The van der Waals surface area contributed by atoms with Gasteiger partial charge in [-0.1, -0.05) is 11.6 Å². The van der Waals surface area contributed by atoms with E-state index in [9.17, 15) is 14.0 Å². The number of hydrogen-bond donors (Lipinski definition) is 3. The van der Waals surface area contributed by atoms with Crippen molar-refractivity contribution in [1.82, 2.24) is 0 Å². The summed E-state index contributed by atoms with van der Waals surface area (Å²) in [7, 11) is 0. The van der Waals surface area contributed by atoms with Gasteiger partial charge in [0.15, 0.2) is 0 Å². The van der Waals surface area contributed by atoms with Crippen LogP contribution in [0.3, 0.4) is 0 Å². The van der Waals surface area contributed by atoms with Crippen LogP contribution in [0.15, 0.2) is 36.4 Å². The van der Waals surface area contributed by atoms with Crippen molar-refractivity contribution in [1.29, 1.82) is 0 Å². The number of nitrogens with two attached hydrogens (primary N) is 1. The third-order valence-corrected chi connectivity index (χ3v) is 3.05. The number of anilines is 2. The average molecular weight is 309 g/mol. The summed E-state index contributed by atoms with van der Waals surface area (Å²) in [6, 6.07) is 7.32. The smallest absolute Gasteiger partial charge is 0.335 e. The molecule has 0 unspecified atom stereocenters. The van der Waals surface area contributed by atoms with Crippen LogP contribution in [0, 0.1) is 5.82 Å². The Hall–Kier alpha value is -2.60. The standard InChI is InChI=1S/C14H10ClFN2O3/c15-9-5-7(2-4-11(9)17)13(19)18-12-6-8(14(20)21)1-3-10(12)16/h1-6H,17H2,(H,18,19)(H,20,21). The highest BCUT2D eigenvalue weighted by Crippen LogP contribution is 2.21. The van der Waals surface area contributed by atoms with E-state index < -0.39 is 17.7 Å². The number of aromatic carboxylic acids is 1. The molecule has 0 aliphatic rings. The minimum absolute atomic E-state index is 0.137.